The maximum Gasteiger partial charge on any atom is 0.0220 e. The van der Waals surface area contributed by atoms with E-state index in [2.05, 4.69) is 51.7 Å². The van der Waals surface area contributed by atoms with E-state index in [1.54, 1.807) is 0 Å². The molecule has 2 N–H and O–H groups in total. The molecule has 0 aliphatic carbocycles. The van der Waals surface area contributed by atoms with Gasteiger partial charge in [0.25, 0.3) is 0 Å². The highest BCUT2D eigenvalue weighted by Crippen LogP contribution is 2.17. The van der Waals surface area contributed by atoms with Gasteiger partial charge < -0.3 is 10.6 Å². The highest BCUT2D eigenvalue weighted by Gasteiger charge is 1.98. The molecule has 1 rings (SSSR count). The van der Waals surface area contributed by atoms with Gasteiger partial charge in [-0.15, -0.1) is 0 Å². The Kier molecular flexibility index (Phi) is 5.15. The Morgan fingerprint density at radius 2 is 2.07 bits per heavy atom. The van der Waals surface area contributed by atoms with Gasteiger partial charge in [-0.25, -0.2) is 0 Å². The van der Waals surface area contributed by atoms with Crippen LogP contribution in [0.4, 0.5) is 0 Å². The Bertz CT molecular complexity index is 287. The molecule has 0 amide bonds. The monoisotopic (exact) mass is 256 g/mol. The minimum atomic E-state index is 0.921. The van der Waals surface area contributed by atoms with Gasteiger partial charge in [-0.1, -0.05) is 33.6 Å². The molecular weight excluding hydrogens is 240 g/mol. The molecule has 0 saturated heterocycles. The van der Waals surface area contributed by atoms with Crippen molar-refractivity contribution in [2.24, 2.45) is 0 Å². The summed E-state index contributed by atoms with van der Waals surface area (Å²) in [6.07, 6.45) is 0. The molecule has 1 aromatic carbocycles. The number of hydrogen-bond donors (Lipinski definition) is 2. The van der Waals surface area contributed by atoms with Gasteiger partial charge in [-0.05, 0) is 25.6 Å². The van der Waals surface area contributed by atoms with Crippen LogP contribution in [0.3, 0.4) is 0 Å². The summed E-state index contributed by atoms with van der Waals surface area (Å²) < 4.78 is 1.18. The molecule has 3 heteroatoms. The number of rotatable bonds is 5. The van der Waals surface area contributed by atoms with E-state index < -0.39 is 0 Å². The highest BCUT2D eigenvalue weighted by atomic mass is 79.9. The smallest absolute Gasteiger partial charge is 0.0220 e. The minimum Gasteiger partial charge on any atom is -0.318 e. The van der Waals surface area contributed by atoms with Crippen LogP contribution in [0.25, 0.3) is 0 Å². The van der Waals surface area contributed by atoms with E-state index in [4.69, 9.17) is 0 Å². The Labute approximate surface area is 94.2 Å². The summed E-state index contributed by atoms with van der Waals surface area (Å²) in [6.45, 7) is 5.04. The van der Waals surface area contributed by atoms with Crippen molar-refractivity contribution in [2.75, 3.05) is 20.1 Å². The van der Waals surface area contributed by atoms with Crippen molar-refractivity contribution in [3.63, 3.8) is 0 Å². The molecular formula is C11H17BrN2. The van der Waals surface area contributed by atoms with E-state index in [1.165, 1.54) is 15.6 Å². The number of halogens is 1. The van der Waals surface area contributed by atoms with Crippen LogP contribution < -0.4 is 10.6 Å². The molecule has 0 aliphatic heterocycles. The zero-order valence-electron chi connectivity index (χ0n) is 8.73. The average molecular weight is 257 g/mol. The average Bonchev–Trinajstić information content (AvgIpc) is 2.18. The first-order chi connectivity index (χ1) is 6.74. The lowest BCUT2D eigenvalue weighted by molar-refractivity contribution is 0.649. The quantitative estimate of drug-likeness (QED) is 0.789. The van der Waals surface area contributed by atoms with Gasteiger partial charge in [0.2, 0.25) is 0 Å². The van der Waals surface area contributed by atoms with Gasteiger partial charge in [-0.2, -0.15) is 0 Å². The highest BCUT2D eigenvalue weighted by molar-refractivity contribution is 9.10. The summed E-state index contributed by atoms with van der Waals surface area (Å²) >= 11 is 3.54. The number of benzene rings is 1. The number of aryl methyl sites for hydroxylation is 1. The Balaban J connectivity index is 2.45. The van der Waals surface area contributed by atoms with Crippen molar-refractivity contribution in [3.05, 3.63) is 33.8 Å². The Morgan fingerprint density at radius 3 is 2.79 bits per heavy atom. The first kappa shape index (κ1) is 11.7. The Hall–Kier alpha value is -0.380. The van der Waals surface area contributed by atoms with E-state index in [0.29, 0.717) is 0 Å². The molecule has 78 valence electrons. The molecule has 0 atom stereocenters. The second-order valence-corrected chi connectivity index (χ2v) is 4.23. The fourth-order valence-corrected chi connectivity index (χ4v) is 1.66. The third kappa shape index (κ3) is 3.78. The van der Waals surface area contributed by atoms with Crippen molar-refractivity contribution < 1.29 is 0 Å². The van der Waals surface area contributed by atoms with Crippen molar-refractivity contribution in [3.8, 4) is 0 Å². The molecule has 0 heterocycles. The Morgan fingerprint density at radius 1 is 1.29 bits per heavy atom. The summed E-state index contributed by atoms with van der Waals surface area (Å²) in [5.41, 5.74) is 2.62. The zero-order valence-corrected chi connectivity index (χ0v) is 10.3. The molecule has 0 fully saturated rings. The SMILES string of the molecule is CNCCNCc1cc(C)ccc1Br. The standard InChI is InChI=1S/C11H17BrN2/c1-9-3-4-11(12)10(7-9)8-14-6-5-13-2/h3-4,7,13-14H,5-6,8H2,1-2H3. The molecule has 0 unspecified atom stereocenters. The van der Waals surface area contributed by atoms with Crippen LogP contribution in [0.2, 0.25) is 0 Å². The third-order valence-electron chi connectivity index (χ3n) is 2.07. The number of nitrogens with one attached hydrogen (secondary N) is 2. The van der Waals surface area contributed by atoms with Crippen molar-refractivity contribution in [1.82, 2.24) is 10.6 Å². The largest absolute Gasteiger partial charge is 0.318 e. The van der Waals surface area contributed by atoms with Gasteiger partial charge in [0, 0.05) is 24.1 Å². The summed E-state index contributed by atoms with van der Waals surface area (Å²) in [5.74, 6) is 0. The van der Waals surface area contributed by atoms with Crippen LogP contribution in [0.15, 0.2) is 22.7 Å². The van der Waals surface area contributed by atoms with E-state index in [-0.39, 0.29) is 0 Å². The molecule has 0 aliphatic rings. The summed E-state index contributed by atoms with van der Waals surface area (Å²) in [7, 11) is 1.96. The van der Waals surface area contributed by atoms with Crippen LogP contribution in [-0.2, 0) is 6.54 Å². The first-order valence-electron chi connectivity index (χ1n) is 4.84. The third-order valence-corrected chi connectivity index (χ3v) is 2.84. The van der Waals surface area contributed by atoms with Crippen LogP contribution >= 0.6 is 15.9 Å². The van der Waals surface area contributed by atoms with Crippen molar-refractivity contribution in [2.45, 2.75) is 13.5 Å². The maximum atomic E-state index is 3.54. The lowest BCUT2D eigenvalue weighted by Gasteiger charge is -2.07. The predicted molar refractivity (Wildman–Crippen MR) is 64.5 cm³/mol. The molecule has 0 aromatic heterocycles. The first-order valence-corrected chi connectivity index (χ1v) is 5.63. The van der Waals surface area contributed by atoms with Crippen LogP contribution in [0.5, 0.6) is 0 Å². The normalized spacial score (nSPS) is 10.5. The fourth-order valence-electron chi connectivity index (χ4n) is 1.28. The van der Waals surface area contributed by atoms with E-state index >= 15 is 0 Å². The molecule has 1 aromatic rings. The predicted octanol–water partition coefficient (Wildman–Crippen LogP) is 2.07. The van der Waals surface area contributed by atoms with Gasteiger partial charge >= 0.3 is 0 Å². The lowest BCUT2D eigenvalue weighted by atomic mass is 10.1. The van der Waals surface area contributed by atoms with Crippen molar-refractivity contribution in [1.29, 1.82) is 0 Å². The fraction of sp³-hybridized carbons (Fsp3) is 0.455. The number of hydrogen-bond acceptors (Lipinski definition) is 2. The van der Waals surface area contributed by atoms with Gasteiger partial charge in [0.15, 0.2) is 0 Å². The number of likely N-dealkylation sites (N-methyl/N-ethyl adjacent to an activating group) is 1. The van der Waals surface area contributed by atoms with E-state index in [1.807, 2.05) is 7.05 Å². The molecule has 0 bridgehead atoms. The van der Waals surface area contributed by atoms with Crippen molar-refractivity contribution >= 4 is 15.9 Å². The topological polar surface area (TPSA) is 24.1 Å². The second kappa shape index (κ2) is 6.17. The van der Waals surface area contributed by atoms with Gasteiger partial charge in [0.1, 0.15) is 0 Å². The minimum absolute atomic E-state index is 0.921. The molecule has 14 heavy (non-hydrogen) atoms. The van der Waals surface area contributed by atoms with Crippen LogP contribution in [0.1, 0.15) is 11.1 Å². The van der Waals surface area contributed by atoms with Gasteiger partial charge in [0.05, 0.1) is 0 Å². The maximum absolute atomic E-state index is 3.54. The summed E-state index contributed by atoms with van der Waals surface area (Å²) in [5, 5.41) is 6.48. The van der Waals surface area contributed by atoms with E-state index in [9.17, 15) is 0 Å². The zero-order chi connectivity index (χ0) is 10.4. The van der Waals surface area contributed by atoms with Crippen LogP contribution in [0, 0.1) is 6.92 Å². The molecule has 0 spiro atoms. The molecule has 0 saturated carbocycles. The lowest BCUT2D eigenvalue weighted by Crippen LogP contribution is -2.24. The molecule has 2 nitrogen and oxygen atoms in total. The summed E-state index contributed by atoms with van der Waals surface area (Å²) in [6, 6.07) is 6.42. The van der Waals surface area contributed by atoms with Crippen LogP contribution in [-0.4, -0.2) is 20.1 Å². The summed E-state index contributed by atoms with van der Waals surface area (Å²) in [4.78, 5) is 0. The molecule has 0 radical (unpaired) electrons. The van der Waals surface area contributed by atoms with Gasteiger partial charge in [-0.3, -0.25) is 0 Å². The second-order valence-electron chi connectivity index (χ2n) is 3.38. The van der Waals surface area contributed by atoms with E-state index in [0.717, 1.165) is 19.6 Å².